The van der Waals surface area contributed by atoms with Crippen LogP contribution in [0.15, 0.2) is 36.5 Å². The van der Waals surface area contributed by atoms with Crippen molar-refractivity contribution in [2.45, 2.75) is 26.0 Å². The van der Waals surface area contributed by atoms with Gasteiger partial charge in [0.15, 0.2) is 6.10 Å². The van der Waals surface area contributed by atoms with Crippen molar-refractivity contribution >= 4 is 17.7 Å². The molecular formula is C22H24FN7O4. The van der Waals surface area contributed by atoms with Crippen molar-refractivity contribution in [1.82, 2.24) is 25.2 Å². The van der Waals surface area contributed by atoms with Gasteiger partial charge in [0.1, 0.15) is 24.2 Å². The van der Waals surface area contributed by atoms with E-state index >= 15 is 0 Å². The number of carbonyl (C=O) groups excluding carboxylic acids is 2. The van der Waals surface area contributed by atoms with Gasteiger partial charge in [-0.3, -0.25) is 14.7 Å². The second kappa shape index (κ2) is 9.51. The normalized spacial score (nSPS) is 16.6. The van der Waals surface area contributed by atoms with Crippen molar-refractivity contribution in [2.24, 2.45) is 18.7 Å². The molecule has 0 aliphatic carbocycles. The lowest BCUT2D eigenvalue weighted by atomic mass is 10.1. The maximum atomic E-state index is 14.9. The third-order valence-corrected chi connectivity index (χ3v) is 5.35. The molecule has 2 unspecified atom stereocenters. The fourth-order valence-electron chi connectivity index (χ4n) is 3.34. The topological polar surface area (TPSA) is 138 Å². The Kier molecular flexibility index (Phi) is 6.50. The Morgan fingerprint density at radius 2 is 2.12 bits per heavy atom. The number of halogens is 1. The summed E-state index contributed by atoms with van der Waals surface area (Å²) in [4.78, 5) is 31.1. The number of nitrogens with two attached hydrogens (primary N) is 1. The Labute approximate surface area is 194 Å². The van der Waals surface area contributed by atoms with Crippen LogP contribution >= 0.6 is 0 Å². The van der Waals surface area contributed by atoms with E-state index in [-0.39, 0.29) is 19.1 Å². The lowest BCUT2D eigenvalue weighted by molar-refractivity contribution is -0.148. The average Bonchev–Trinajstić information content (AvgIpc) is 3.42. The van der Waals surface area contributed by atoms with Crippen LogP contribution in [-0.2, 0) is 21.3 Å². The fourth-order valence-corrected chi connectivity index (χ4v) is 3.34. The molecule has 1 amide bonds. The van der Waals surface area contributed by atoms with Crippen LogP contribution in [0.1, 0.15) is 13.8 Å². The van der Waals surface area contributed by atoms with Crippen molar-refractivity contribution in [1.29, 1.82) is 0 Å². The van der Waals surface area contributed by atoms with Crippen LogP contribution in [0.4, 0.5) is 14.9 Å². The summed E-state index contributed by atoms with van der Waals surface area (Å²) < 4.78 is 25.3. The van der Waals surface area contributed by atoms with Crippen LogP contribution in [0.5, 0.6) is 0 Å². The fraction of sp³-hybridized carbons (Fsp3) is 0.364. The van der Waals surface area contributed by atoms with E-state index in [9.17, 15) is 14.0 Å². The molecule has 178 valence electrons. The molecule has 2 aromatic heterocycles. The first-order valence-corrected chi connectivity index (χ1v) is 10.6. The van der Waals surface area contributed by atoms with E-state index < -0.39 is 30.0 Å². The Morgan fingerprint density at radius 1 is 1.32 bits per heavy atom. The van der Waals surface area contributed by atoms with Gasteiger partial charge in [0, 0.05) is 17.3 Å². The standard InChI is InChI=1S/C22H24FN7O4/c1-12(2)19(24)21(31)33-11-15-10-30(22(32)34-15)14-5-6-16(17(23)8-14)13-4-7-18(25-9-13)20-26-28-29(3)27-20/h4-9,12,15,19H,10-11,24H2,1-3H3. The van der Waals surface area contributed by atoms with Gasteiger partial charge >= 0.3 is 12.1 Å². The van der Waals surface area contributed by atoms with E-state index in [1.807, 2.05) is 0 Å². The Morgan fingerprint density at radius 3 is 2.74 bits per heavy atom. The number of aryl methyl sites for hydroxylation is 1. The lowest BCUT2D eigenvalue weighted by Gasteiger charge is -2.16. The molecular weight excluding hydrogens is 445 g/mol. The van der Waals surface area contributed by atoms with Gasteiger partial charge in [-0.25, -0.2) is 9.18 Å². The van der Waals surface area contributed by atoms with Gasteiger partial charge in [-0.05, 0) is 35.4 Å². The molecule has 1 aliphatic rings. The zero-order valence-electron chi connectivity index (χ0n) is 18.9. The minimum Gasteiger partial charge on any atom is -0.460 e. The smallest absolute Gasteiger partial charge is 0.414 e. The van der Waals surface area contributed by atoms with Gasteiger partial charge in [0.05, 0.1) is 19.3 Å². The molecule has 0 saturated carbocycles. The quantitative estimate of drug-likeness (QED) is 0.514. The minimum atomic E-state index is -0.754. The maximum Gasteiger partial charge on any atom is 0.414 e. The third kappa shape index (κ3) is 4.86. The van der Waals surface area contributed by atoms with Gasteiger partial charge in [0.2, 0.25) is 5.82 Å². The van der Waals surface area contributed by atoms with Gasteiger partial charge in [-0.1, -0.05) is 19.9 Å². The number of tetrazole rings is 1. The number of hydrogen-bond acceptors (Lipinski definition) is 9. The number of benzene rings is 1. The SMILES string of the molecule is CC(C)C(N)C(=O)OCC1CN(c2ccc(-c3ccc(-c4nnn(C)n4)nc3)c(F)c2)C(=O)O1. The highest BCUT2D eigenvalue weighted by atomic mass is 19.1. The van der Waals surface area contributed by atoms with E-state index in [1.165, 1.54) is 22.0 Å². The van der Waals surface area contributed by atoms with Crippen LogP contribution < -0.4 is 10.6 Å². The van der Waals surface area contributed by atoms with Gasteiger partial charge in [-0.2, -0.15) is 4.80 Å². The molecule has 1 aliphatic heterocycles. The number of amides is 1. The second-order valence-corrected chi connectivity index (χ2v) is 8.21. The van der Waals surface area contributed by atoms with Crippen molar-refractivity contribution in [3.8, 4) is 22.6 Å². The third-order valence-electron chi connectivity index (χ3n) is 5.35. The van der Waals surface area contributed by atoms with E-state index in [0.717, 1.165) is 0 Å². The summed E-state index contributed by atoms with van der Waals surface area (Å²) in [5.41, 5.74) is 7.46. The maximum absolute atomic E-state index is 14.9. The van der Waals surface area contributed by atoms with E-state index in [4.69, 9.17) is 15.2 Å². The first kappa shape index (κ1) is 23.2. The minimum absolute atomic E-state index is 0.0771. The number of anilines is 1. The number of hydrogen-bond donors (Lipinski definition) is 1. The Bertz CT molecular complexity index is 1200. The molecule has 11 nitrogen and oxygen atoms in total. The molecule has 12 heteroatoms. The number of nitrogens with zero attached hydrogens (tertiary/aromatic N) is 6. The predicted molar refractivity (Wildman–Crippen MR) is 119 cm³/mol. The Hall–Kier alpha value is -3.93. The number of rotatable bonds is 7. The van der Waals surface area contributed by atoms with Crippen LogP contribution in [0.2, 0.25) is 0 Å². The van der Waals surface area contributed by atoms with Crippen LogP contribution in [-0.4, -0.2) is 62.6 Å². The molecule has 2 N–H and O–H groups in total. The zero-order valence-corrected chi connectivity index (χ0v) is 18.9. The lowest BCUT2D eigenvalue weighted by Crippen LogP contribution is -2.38. The van der Waals surface area contributed by atoms with E-state index in [0.29, 0.717) is 28.3 Å². The van der Waals surface area contributed by atoms with Crippen molar-refractivity contribution in [3.63, 3.8) is 0 Å². The van der Waals surface area contributed by atoms with Gasteiger partial charge in [-0.15, -0.1) is 10.2 Å². The monoisotopic (exact) mass is 469 g/mol. The molecule has 4 rings (SSSR count). The number of carbonyl (C=O) groups is 2. The van der Waals surface area contributed by atoms with Crippen molar-refractivity contribution < 1.29 is 23.5 Å². The summed E-state index contributed by atoms with van der Waals surface area (Å²) in [5, 5.41) is 11.7. The predicted octanol–water partition coefficient (Wildman–Crippen LogP) is 1.93. The highest BCUT2D eigenvalue weighted by molar-refractivity contribution is 5.90. The molecule has 1 aromatic carbocycles. The summed E-state index contributed by atoms with van der Waals surface area (Å²) >= 11 is 0. The zero-order chi connectivity index (χ0) is 24.4. The number of pyridine rings is 1. The first-order chi connectivity index (χ1) is 16.2. The molecule has 2 atom stereocenters. The van der Waals surface area contributed by atoms with Gasteiger partial charge in [0.25, 0.3) is 0 Å². The van der Waals surface area contributed by atoms with Crippen LogP contribution in [0.25, 0.3) is 22.6 Å². The summed E-state index contributed by atoms with van der Waals surface area (Å²) in [5.74, 6) is -0.805. The molecule has 1 saturated heterocycles. The number of aromatic nitrogens is 5. The van der Waals surface area contributed by atoms with Crippen molar-refractivity contribution in [2.75, 3.05) is 18.1 Å². The van der Waals surface area contributed by atoms with Crippen LogP contribution in [0, 0.1) is 11.7 Å². The first-order valence-electron chi connectivity index (χ1n) is 10.6. The number of cyclic esters (lactones) is 1. The number of ether oxygens (including phenoxy) is 2. The van der Waals surface area contributed by atoms with E-state index in [2.05, 4.69) is 20.4 Å². The highest BCUT2D eigenvalue weighted by Gasteiger charge is 2.34. The Balaban J connectivity index is 1.43. The summed E-state index contributed by atoms with van der Waals surface area (Å²) in [6, 6.07) is 7.04. The van der Waals surface area contributed by atoms with E-state index in [1.54, 1.807) is 45.2 Å². The number of esters is 1. The summed E-state index contributed by atoms with van der Waals surface area (Å²) in [6.07, 6.45) is 0.189. The average molecular weight is 469 g/mol. The highest BCUT2D eigenvalue weighted by Crippen LogP contribution is 2.29. The molecule has 0 spiro atoms. The molecule has 3 heterocycles. The summed E-state index contributed by atoms with van der Waals surface area (Å²) in [7, 11) is 1.65. The molecule has 0 radical (unpaired) electrons. The summed E-state index contributed by atoms with van der Waals surface area (Å²) in [6.45, 7) is 3.60. The van der Waals surface area contributed by atoms with Crippen molar-refractivity contribution in [3.05, 3.63) is 42.3 Å². The largest absolute Gasteiger partial charge is 0.460 e. The molecule has 3 aromatic rings. The molecule has 0 bridgehead atoms. The molecule has 1 fully saturated rings. The molecule has 34 heavy (non-hydrogen) atoms. The van der Waals surface area contributed by atoms with Gasteiger partial charge < -0.3 is 15.2 Å². The van der Waals surface area contributed by atoms with Crippen LogP contribution in [0.3, 0.4) is 0 Å². The second-order valence-electron chi connectivity index (χ2n) is 8.21.